The number of anilines is 1. The smallest absolute Gasteiger partial charge is 0.254 e. The van der Waals surface area contributed by atoms with E-state index in [0.29, 0.717) is 12.3 Å². The monoisotopic (exact) mass is 272 g/mol. The van der Waals surface area contributed by atoms with Crippen molar-refractivity contribution in [2.45, 2.75) is 0 Å². The molecule has 0 radical (unpaired) electrons. The SMILES string of the molecule is C=CCSCCNC(=O)c1cc(F)cc(N)c1F. The second-order valence-corrected chi connectivity index (χ2v) is 4.63. The van der Waals surface area contributed by atoms with Crippen molar-refractivity contribution in [1.29, 1.82) is 0 Å². The van der Waals surface area contributed by atoms with Gasteiger partial charge in [0, 0.05) is 18.1 Å². The topological polar surface area (TPSA) is 55.1 Å². The van der Waals surface area contributed by atoms with Crippen molar-refractivity contribution in [3.63, 3.8) is 0 Å². The third-order valence-corrected chi connectivity index (χ3v) is 3.04. The average molecular weight is 272 g/mol. The van der Waals surface area contributed by atoms with Crippen LogP contribution in [-0.4, -0.2) is 24.0 Å². The summed E-state index contributed by atoms with van der Waals surface area (Å²) in [6.07, 6.45) is 1.75. The molecule has 0 saturated heterocycles. The summed E-state index contributed by atoms with van der Waals surface area (Å²) in [6, 6.07) is 1.67. The van der Waals surface area contributed by atoms with E-state index < -0.39 is 17.5 Å². The van der Waals surface area contributed by atoms with Gasteiger partial charge in [0.15, 0.2) is 5.82 Å². The van der Waals surface area contributed by atoms with Crippen molar-refractivity contribution in [3.05, 3.63) is 42.0 Å². The molecule has 0 aliphatic carbocycles. The molecule has 0 aliphatic rings. The summed E-state index contributed by atoms with van der Waals surface area (Å²) < 4.78 is 26.5. The fourth-order valence-corrected chi connectivity index (χ4v) is 1.85. The zero-order chi connectivity index (χ0) is 13.5. The van der Waals surface area contributed by atoms with Crippen LogP contribution in [0.2, 0.25) is 0 Å². The Morgan fingerprint density at radius 3 is 2.89 bits per heavy atom. The van der Waals surface area contributed by atoms with E-state index in [9.17, 15) is 13.6 Å². The summed E-state index contributed by atoms with van der Waals surface area (Å²) in [5.74, 6) is -0.855. The molecular formula is C12H14F2N2OS. The van der Waals surface area contributed by atoms with E-state index in [4.69, 9.17) is 5.73 Å². The molecule has 0 aromatic heterocycles. The summed E-state index contributed by atoms with van der Waals surface area (Å²) in [6.45, 7) is 3.93. The van der Waals surface area contributed by atoms with Crippen molar-refractivity contribution >= 4 is 23.4 Å². The van der Waals surface area contributed by atoms with E-state index in [1.54, 1.807) is 17.8 Å². The molecule has 3 N–H and O–H groups in total. The van der Waals surface area contributed by atoms with Crippen LogP contribution >= 0.6 is 11.8 Å². The van der Waals surface area contributed by atoms with Gasteiger partial charge in [0.2, 0.25) is 0 Å². The van der Waals surface area contributed by atoms with Crippen LogP contribution in [0.1, 0.15) is 10.4 Å². The molecule has 0 unspecified atom stereocenters. The van der Waals surface area contributed by atoms with E-state index in [2.05, 4.69) is 11.9 Å². The standard InChI is InChI=1S/C12H14F2N2OS/c1-2-4-18-5-3-16-12(17)9-6-8(13)7-10(15)11(9)14/h2,6-7H,1,3-5,15H2,(H,16,17). The predicted octanol–water partition coefficient (Wildman–Crippen LogP) is 2.20. The van der Waals surface area contributed by atoms with Gasteiger partial charge < -0.3 is 11.1 Å². The van der Waals surface area contributed by atoms with Gasteiger partial charge in [-0.05, 0) is 12.1 Å². The Morgan fingerprint density at radius 1 is 1.50 bits per heavy atom. The molecule has 1 amide bonds. The maximum absolute atomic E-state index is 13.5. The van der Waals surface area contributed by atoms with Gasteiger partial charge in [-0.25, -0.2) is 8.78 Å². The fourth-order valence-electron chi connectivity index (χ4n) is 1.27. The number of halogens is 2. The first-order valence-corrected chi connectivity index (χ1v) is 6.43. The normalized spacial score (nSPS) is 10.1. The molecule has 0 fully saturated rings. The molecule has 0 aliphatic heterocycles. The highest BCUT2D eigenvalue weighted by Gasteiger charge is 2.15. The van der Waals surface area contributed by atoms with Gasteiger partial charge in [-0.2, -0.15) is 11.8 Å². The number of carbonyl (C=O) groups is 1. The number of amides is 1. The van der Waals surface area contributed by atoms with Crippen LogP contribution < -0.4 is 11.1 Å². The first kappa shape index (κ1) is 14.5. The number of nitrogens with one attached hydrogen (secondary N) is 1. The zero-order valence-electron chi connectivity index (χ0n) is 9.71. The van der Waals surface area contributed by atoms with E-state index in [0.717, 1.165) is 17.9 Å². The molecule has 0 bridgehead atoms. The number of hydrogen-bond donors (Lipinski definition) is 2. The Hall–Kier alpha value is -1.56. The lowest BCUT2D eigenvalue weighted by Crippen LogP contribution is -2.27. The van der Waals surface area contributed by atoms with Crippen molar-refractivity contribution in [2.24, 2.45) is 0 Å². The van der Waals surface area contributed by atoms with Crippen LogP contribution in [0.25, 0.3) is 0 Å². The minimum atomic E-state index is -0.896. The Kier molecular flexibility index (Phi) is 5.64. The zero-order valence-corrected chi connectivity index (χ0v) is 10.5. The van der Waals surface area contributed by atoms with Gasteiger partial charge in [0.05, 0.1) is 11.3 Å². The summed E-state index contributed by atoms with van der Waals surface area (Å²) in [7, 11) is 0. The molecule has 0 spiro atoms. The van der Waals surface area contributed by atoms with Gasteiger partial charge in [0.1, 0.15) is 5.82 Å². The largest absolute Gasteiger partial charge is 0.396 e. The van der Waals surface area contributed by atoms with E-state index >= 15 is 0 Å². The third kappa shape index (κ3) is 4.03. The number of rotatable bonds is 6. The lowest BCUT2D eigenvalue weighted by Gasteiger charge is -2.07. The Balaban J connectivity index is 2.59. The third-order valence-electron chi connectivity index (χ3n) is 2.08. The first-order valence-electron chi connectivity index (χ1n) is 5.27. The second kappa shape index (κ2) is 7.00. The minimum Gasteiger partial charge on any atom is -0.396 e. The lowest BCUT2D eigenvalue weighted by atomic mass is 10.1. The van der Waals surface area contributed by atoms with Gasteiger partial charge in [-0.3, -0.25) is 4.79 Å². The summed E-state index contributed by atoms with van der Waals surface area (Å²) in [4.78, 5) is 11.6. The molecule has 1 rings (SSSR count). The molecule has 1 aromatic carbocycles. The van der Waals surface area contributed by atoms with Crippen LogP contribution in [0, 0.1) is 11.6 Å². The molecule has 3 nitrogen and oxygen atoms in total. The van der Waals surface area contributed by atoms with Crippen LogP contribution in [0.3, 0.4) is 0 Å². The highest BCUT2D eigenvalue weighted by molar-refractivity contribution is 7.99. The summed E-state index contributed by atoms with van der Waals surface area (Å²) in [5, 5.41) is 2.50. The van der Waals surface area contributed by atoms with Crippen LogP contribution in [0.15, 0.2) is 24.8 Å². The number of hydrogen-bond acceptors (Lipinski definition) is 3. The highest BCUT2D eigenvalue weighted by atomic mass is 32.2. The van der Waals surface area contributed by atoms with Crippen molar-refractivity contribution in [2.75, 3.05) is 23.8 Å². The molecular weight excluding hydrogens is 258 g/mol. The number of nitrogens with two attached hydrogens (primary N) is 1. The van der Waals surface area contributed by atoms with Crippen molar-refractivity contribution in [3.8, 4) is 0 Å². The van der Waals surface area contributed by atoms with Gasteiger partial charge in [0.25, 0.3) is 5.91 Å². The number of thioether (sulfide) groups is 1. The molecule has 0 atom stereocenters. The van der Waals surface area contributed by atoms with Crippen molar-refractivity contribution < 1.29 is 13.6 Å². The van der Waals surface area contributed by atoms with Crippen molar-refractivity contribution in [1.82, 2.24) is 5.32 Å². The molecule has 0 heterocycles. The molecule has 98 valence electrons. The summed E-state index contributed by atoms with van der Waals surface area (Å²) in [5.41, 5.74) is 4.50. The maximum Gasteiger partial charge on any atom is 0.254 e. The number of benzene rings is 1. The van der Waals surface area contributed by atoms with Crippen LogP contribution in [0.5, 0.6) is 0 Å². The number of carbonyl (C=O) groups excluding carboxylic acids is 1. The average Bonchev–Trinajstić information content (AvgIpc) is 2.33. The van der Waals surface area contributed by atoms with Crippen LogP contribution in [-0.2, 0) is 0 Å². The predicted molar refractivity (Wildman–Crippen MR) is 70.6 cm³/mol. The van der Waals surface area contributed by atoms with Crippen LogP contribution in [0.4, 0.5) is 14.5 Å². The molecule has 0 saturated carbocycles. The minimum absolute atomic E-state index is 0.368. The fraction of sp³-hybridized carbons (Fsp3) is 0.250. The Bertz CT molecular complexity index is 452. The lowest BCUT2D eigenvalue weighted by molar-refractivity contribution is 0.0952. The van der Waals surface area contributed by atoms with E-state index in [-0.39, 0.29) is 11.3 Å². The number of nitrogen functional groups attached to an aromatic ring is 1. The Labute approximate surface area is 108 Å². The van der Waals surface area contributed by atoms with Gasteiger partial charge in [-0.15, -0.1) is 6.58 Å². The van der Waals surface area contributed by atoms with E-state index in [1.165, 1.54) is 0 Å². The quantitative estimate of drug-likeness (QED) is 0.474. The maximum atomic E-state index is 13.5. The first-order chi connectivity index (χ1) is 8.56. The highest BCUT2D eigenvalue weighted by Crippen LogP contribution is 2.17. The second-order valence-electron chi connectivity index (χ2n) is 3.48. The van der Waals surface area contributed by atoms with Gasteiger partial charge >= 0.3 is 0 Å². The van der Waals surface area contributed by atoms with E-state index in [1.807, 2.05) is 0 Å². The van der Waals surface area contributed by atoms with Gasteiger partial charge in [-0.1, -0.05) is 6.08 Å². The molecule has 1 aromatic rings. The molecule has 18 heavy (non-hydrogen) atoms. The summed E-state index contributed by atoms with van der Waals surface area (Å²) >= 11 is 1.58. The molecule has 6 heteroatoms. The Morgan fingerprint density at radius 2 is 2.22 bits per heavy atom.